The van der Waals surface area contributed by atoms with Crippen LogP contribution >= 0.6 is 0 Å². The maximum absolute atomic E-state index is 12.2. The first kappa shape index (κ1) is 12.6. The third-order valence-corrected chi connectivity index (χ3v) is 2.66. The quantitative estimate of drug-likeness (QED) is 0.887. The van der Waals surface area contributed by atoms with Gasteiger partial charge in [-0.15, -0.1) is 0 Å². The van der Waals surface area contributed by atoms with Crippen LogP contribution in [0.25, 0.3) is 0 Å². The Bertz CT molecular complexity index is 662. The molecule has 1 heterocycles. The lowest BCUT2D eigenvalue weighted by atomic mass is 10.1. The molecular formula is C14H11N3O2. The highest BCUT2D eigenvalue weighted by atomic mass is 16.3. The zero-order valence-corrected chi connectivity index (χ0v) is 10.2. The van der Waals surface area contributed by atoms with E-state index in [9.17, 15) is 9.90 Å². The van der Waals surface area contributed by atoms with E-state index in [2.05, 4.69) is 4.98 Å². The molecule has 1 aromatic heterocycles. The van der Waals surface area contributed by atoms with Gasteiger partial charge < -0.3 is 10.0 Å². The van der Waals surface area contributed by atoms with E-state index in [4.69, 9.17) is 5.26 Å². The molecule has 94 valence electrons. The van der Waals surface area contributed by atoms with Gasteiger partial charge in [-0.2, -0.15) is 5.26 Å². The second kappa shape index (κ2) is 5.19. The number of aromatic hydroxyl groups is 1. The summed E-state index contributed by atoms with van der Waals surface area (Å²) >= 11 is 0. The van der Waals surface area contributed by atoms with Crippen molar-refractivity contribution in [1.29, 1.82) is 5.26 Å². The molecule has 1 aromatic carbocycles. The van der Waals surface area contributed by atoms with Gasteiger partial charge in [-0.3, -0.25) is 9.78 Å². The highest BCUT2D eigenvalue weighted by molar-refractivity contribution is 6.06. The monoisotopic (exact) mass is 253 g/mol. The number of para-hydroxylation sites is 1. The van der Waals surface area contributed by atoms with Gasteiger partial charge >= 0.3 is 0 Å². The number of carbonyl (C=O) groups excluding carboxylic acids is 1. The van der Waals surface area contributed by atoms with E-state index in [1.165, 1.54) is 23.4 Å². The summed E-state index contributed by atoms with van der Waals surface area (Å²) in [5, 5.41) is 18.4. The van der Waals surface area contributed by atoms with E-state index >= 15 is 0 Å². The Morgan fingerprint density at radius 2 is 2.11 bits per heavy atom. The number of benzene rings is 1. The summed E-state index contributed by atoms with van der Waals surface area (Å²) < 4.78 is 0. The summed E-state index contributed by atoms with van der Waals surface area (Å²) in [7, 11) is 1.57. The van der Waals surface area contributed by atoms with E-state index in [-0.39, 0.29) is 17.2 Å². The highest BCUT2D eigenvalue weighted by Gasteiger charge is 2.16. The number of hydrogen-bond acceptors (Lipinski definition) is 4. The third kappa shape index (κ3) is 2.53. The number of nitriles is 1. The first-order valence-corrected chi connectivity index (χ1v) is 5.54. The van der Waals surface area contributed by atoms with Crippen molar-refractivity contribution < 1.29 is 9.90 Å². The maximum atomic E-state index is 12.2. The molecule has 2 rings (SSSR count). The fourth-order valence-corrected chi connectivity index (χ4v) is 1.71. The SMILES string of the molecule is CN(C(=O)c1cncc(O)c1)c1ccccc1C#N. The molecule has 1 N–H and O–H groups in total. The fraction of sp³-hybridized carbons (Fsp3) is 0.0714. The van der Waals surface area contributed by atoms with Crippen LogP contribution in [0, 0.1) is 11.3 Å². The average molecular weight is 253 g/mol. The Morgan fingerprint density at radius 1 is 1.37 bits per heavy atom. The minimum Gasteiger partial charge on any atom is -0.506 e. The Kier molecular flexibility index (Phi) is 3.44. The van der Waals surface area contributed by atoms with Crippen LogP contribution in [0.15, 0.2) is 42.7 Å². The number of pyridine rings is 1. The Morgan fingerprint density at radius 3 is 2.79 bits per heavy atom. The van der Waals surface area contributed by atoms with Crippen LogP contribution < -0.4 is 4.90 Å². The van der Waals surface area contributed by atoms with Gasteiger partial charge in [-0.05, 0) is 18.2 Å². The molecule has 5 nitrogen and oxygen atoms in total. The minimum atomic E-state index is -0.342. The van der Waals surface area contributed by atoms with Crippen LogP contribution in [0.1, 0.15) is 15.9 Å². The Labute approximate surface area is 110 Å². The second-order valence-electron chi connectivity index (χ2n) is 3.92. The van der Waals surface area contributed by atoms with Crippen molar-refractivity contribution in [2.24, 2.45) is 0 Å². The van der Waals surface area contributed by atoms with Gasteiger partial charge in [0, 0.05) is 13.2 Å². The van der Waals surface area contributed by atoms with Crippen LogP contribution in [0.2, 0.25) is 0 Å². The molecule has 0 unspecified atom stereocenters. The Balaban J connectivity index is 2.37. The molecular weight excluding hydrogens is 242 g/mol. The van der Waals surface area contributed by atoms with Gasteiger partial charge in [-0.25, -0.2) is 0 Å². The lowest BCUT2D eigenvalue weighted by molar-refractivity contribution is 0.0992. The summed E-state index contributed by atoms with van der Waals surface area (Å²) in [6, 6.07) is 10.2. The number of aromatic nitrogens is 1. The maximum Gasteiger partial charge on any atom is 0.259 e. The molecule has 2 aromatic rings. The smallest absolute Gasteiger partial charge is 0.259 e. The molecule has 0 aliphatic rings. The van der Waals surface area contributed by atoms with Crippen LogP contribution in [0.5, 0.6) is 5.75 Å². The topological polar surface area (TPSA) is 77.2 Å². The van der Waals surface area contributed by atoms with Gasteiger partial charge in [0.2, 0.25) is 0 Å². The first-order valence-electron chi connectivity index (χ1n) is 5.54. The summed E-state index contributed by atoms with van der Waals surface area (Å²) in [6.07, 6.45) is 2.62. The molecule has 19 heavy (non-hydrogen) atoms. The molecule has 0 bridgehead atoms. The number of rotatable bonds is 2. The average Bonchev–Trinajstić information content (AvgIpc) is 2.45. The van der Waals surface area contributed by atoms with Gasteiger partial charge in [-0.1, -0.05) is 12.1 Å². The standard InChI is InChI=1S/C14H11N3O2/c1-17(13-5-3-2-4-10(13)7-15)14(19)11-6-12(18)9-16-8-11/h2-6,8-9,18H,1H3. The zero-order valence-electron chi connectivity index (χ0n) is 10.2. The zero-order chi connectivity index (χ0) is 13.8. The summed E-state index contributed by atoms with van der Waals surface area (Å²) in [4.78, 5) is 17.3. The van der Waals surface area contributed by atoms with E-state index < -0.39 is 0 Å². The molecule has 1 amide bonds. The van der Waals surface area contributed by atoms with Crippen molar-refractivity contribution in [1.82, 2.24) is 4.98 Å². The van der Waals surface area contributed by atoms with E-state index in [1.54, 1.807) is 31.3 Å². The molecule has 5 heteroatoms. The van der Waals surface area contributed by atoms with Crippen molar-refractivity contribution in [2.45, 2.75) is 0 Å². The number of nitrogens with zero attached hydrogens (tertiary/aromatic N) is 3. The summed E-state index contributed by atoms with van der Waals surface area (Å²) in [6.45, 7) is 0. The van der Waals surface area contributed by atoms with E-state index in [1.807, 2.05) is 6.07 Å². The van der Waals surface area contributed by atoms with Crippen LogP contribution in [-0.4, -0.2) is 23.0 Å². The highest BCUT2D eigenvalue weighted by Crippen LogP contribution is 2.20. The normalized spacial score (nSPS) is 9.68. The fourth-order valence-electron chi connectivity index (χ4n) is 1.71. The molecule has 0 fully saturated rings. The lowest BCUT2D eigenvalue weighted by Gasteiger charge is -2.18. The largest absolute Gasteiger partial charge is 0.506 e. The second-order valence-corrected chi connectivity index (χ2v) is 3.92. The van der Waals surface area contributed by atoms with E-state index in [0.29, 0.717) is 11.3 Å². The number of anilines is 1. The Hall–Kier alpha value is -2.87. The minimum absolute atomic E-state index is 0.0761. The van der Waals surface area contributed by atoms with Gasteiger partial charge in [0.15, 0.2) is 0 Å². The number of carbonyl (C=O) groups is 1. The van der Waals surface area contributed by atoms with Crippen molar-refractivity contribution in [3.05, 3.63) is 53.9 Å². The van der Waals surface area contributed by atoms with Crippen LogP contribution in [-0.2, 0) is 0 Å². The lowest BCUT2D eigenvalue weighted by Crippen LogP contribution is -2.27. The van der Waals surface area contributed by atoms with Gasteiger partial charge in [0.25, 0.3) is 5.91 Å². The number of amides is 1. The molecule has 0 aliphatic heterocycles. The van der Waals surface area contributed by atoms with Crippen molar-refractivity contribution in [2.75, 3.05) is 11.9 Å². The third-order valence-electron chi connectivity index (χ3n) is 2.66. The summed E-state index contributed by atoms with van der Waals surface area (Å²) in [5.41, 5.74) is 1.18. The molecule has 0 radical (unpaired) electrons. The number of hydrogen-bond donors (Lipinski definition) is 1. The van der Waals surface area contributed by atoms with Gasteiger partial charge in [0.05, 0.1) is 23.0 Å². The van der Waals surface area contributed by atoms with Gasteiger partial charge in [0.1, 0.15) is 11.8 Å². The molecule has 0 atom stereocenters. The van der Waals surface area contributed by atoms with E-state index in [0.717, 1.165) is 0 Å². The first-order chi connectivity index (χ1) is 9.13. The molecule has 0 saturated heterocycles. The molecule has 0 spiro atoms. The predicted molar refractivity (Wildman–Crippen MR) is 69.8 cm³/mol. The predicted octanol–water partition coefficient (Wildman–Crippen LogP) is 1.94. The summed E-state index contributed by atoms with van der Waals surface area (Å²) in [5.74, 6) is -0.418. The van der Waals surface area contributed by atoms with Crippen molar-refractivity contribution in [3.8, 4) is 11.8 Å². The van der Waals surface area contributed by atoms with Crippen molar-refractivity contribution >= 4 is 11.6 Å². The molecule has 0 aliphatic carbocycles. The van der Waals surface area contributed by atoms with Crippen LogP contribution in [0.4, 0.5) is 5.69 Å². The van der Waals surface area contributed by atoms with Crippen LogP contribution in [0.3, 0.4) is 0 Å². The molecule has 0 saturated carbocycles. The van der Waals surface area contributed by atoms with Crippen molar-refractivity contribution in [3.63, 3.8) is 0 Å².